The molecule has 1 atom stereocenters. The first-order chi connectivity index (χ1) is 15.5. The predicted octanol–water partition coefficient (Wildman–Crippen LogP) is 5.70. The minimum absolute atomic E-state index is 0.0344. The van der Waals surface area contributed by atoms with Crippen LogP contribution in [0.5, 0.6) is 0 Å². The molecule has 170 valence electrons. The Balaban J connectivity index is 1.88. The zero-order valence-electron chi connectivity index (χ0n) is 17.3. The zero-order chi connectivity index (χ0) is 24.1. The Labute approximate surface area is 189 Å². The van der Waals surface area contributed by atoms with Gasteiger partial charge in [0.15, 0.2) is 5.76 Å². The van der Waals surface area contributed by atoms with Crippen LogP contribution in [0.15, 0.2) is 59.9 Å². The summed E-state index contributed by atoms with van der Waals surface area (Å²) < 4.78 is 53.8. The van der Waals surface area contributed by atoms with Crippen molar-refractivity contribution in [1.29, 1.82) is 0 Å². The summed E-state index contributed by atoms with van der Waals surface area (Å²) in [6.07, 6.45) is -4.60. The molecule has 0 saturated heterocycles. The summed E-state index contributed by atoms with van der Waals surface area (Å²) in [5, 5.41) is 11.3. The van der Waals surface area contributed by atoms with Gasteiger partial charge < -0.3 is 5.11 Å². The second-order valence-corrected chi connectivity index (χ2v) is 8.59. The molecule has 1 unspecified atom stereocenters. The lowest BCUT2D eigenvalue weighted by Crippen LogP contribution is -2.31. The molecule has 0 bridgehead atoms. The van der Waals surface area contributed by atoms with E-state index in [-0.39, 0.29) is 21.7 Å². The molecular formula is C23H16F4N2O3S. The smallest absolute Gasteiger partial charge is 0.416 e. The first-order valence-corrected chi connectivity index (χ1v) is 10.5. The van der Waals surface area contributed by atoms with E-state index in [9.17, 15) is 32.3 Å². The fourth-order valence-corrected chi connectivity index (χ4v) is 4.64. The number of thiazole rings is 1. The van der Waals surface area contributed by atoms with Gasteiger partial charge in [0, 0.05) is 11.3 Å². The Kier molecular flexibility index (Phi) is 5.57. The first-order valence-electron chi connectivity index (χ1n) is 9.67. The number of benzene rings is 2. The van der Waals surface area contributed by atoms with Crippen molar-refractivity contribution in [2.45, 2.75) is 26.1 Å². The molecule has 0 aliphatic carbocycles. The van der Waals surface area contributed by atoms with Crippen LogP contribution < -0.4 is 4.90 Å². The van der Waals surface area contributed by atoms with Crippen molar-refractivity contribution in [1.82, 2.24) is 4.98 Å². The Hall–Kier alpha value is -3.53. The minimum Gasteiger partial charge on any atom is -0.503 e. The molecule has 0 spiro atoms. The van der Waals surface area contributed by atoms with Crippen LogP contribution in [0, 0.1) is 19.7 Å². The molecule has 4 rings (SSSR count). The number of aryl methyl sites for hydroxylation is 2. The number of nitrogens with zero attached hydrogens (tertiary/aromatic N) is 2. The highest BCUT2D eigenvalue weighted by Crippen LogP contribution is 2.44. The van der Waals surface area contributed by atoms with Crippen molar-refractivity contribution >= 4 is 28.7 Å². The van der Waals surface area contributed by atoms with Crippen LogP contribution in [0.25, 0.3) is 0 Å². The maximum absolute atomic E-state index is 14.8. The number of carbonyl (C=O) groups excluding carboxylic acids is 2. The monoisotopic (exact) mass is 476 g/mol. The van der Waals surface area contributed by atoms with Crippen LogP contribution in [0.3, 0.4) is 0 Å². The number of aliphatic hydroxyl groups is 1. The summed E-state index contributed by atoms with van der Waals surface area (Å²) in [4.78, 5) is 31.7. The molecular weight excluding hydrogens is 460 g/mol. The fraction of sp³-hybridized carbons (Fsp3) is 0.174. The number of aliphatic hydroxyl groups excluding tert-OH is 1. The molecule has 2 aromatic carbocycles. The van der Waals surface area contributed by atoms with Crippen LogP contribution in [0.4, 0.5) is 23.2 Å². The number of rotatable bonds is 4. The van der Waals surface area contributed by atoms with Gasteiger partial charge in [0.25, 0.3) is 5.91 Å². The molecule has 1 aliphatic heterocycles. The summed E-state index contributed by atoms with van der Waals surface area (Å²) in [7, 11) is 0. The quantitative estimate of drug-likeness (QED) is 0.387. The van der Waals surface area contributed by atoms with Gasteiger partial charge >= 0.3 is 6.18 Å². The summed E-state index contributed by atoms with van der Waals surface area (Å²) in [6.45, 7) is 3.28. The number of ketones is 1. The average molecular weight is 476 g/mol. The van der Waals surface area contributed by atoms with E-state index in [1.165, 1.54) is 18.2 Å². The van der Waals surface area contributed by atoms with Crippen molar-refractivity contribution in [2.75, 3.05) is 4.90 Å². The van der Waals surface area contributed by atoms with Gasteiger partial charge in [-0.2, -0.15) is 13.2 Å². The van der Waals surface area contributed by atoms with Gasteiger partial charge in [-0.1, -0.05) is 18.2 Å². The molecule has 0 radical (unpaired) electrons. The molecule has 5 nitrogen and oxygen atoms in total. The number of alkyl halides is 3. The standard InChI is InChI=1S/C23H16F4N2O3S/c1-11-21(33-12(2)28-11)19(30)17-18(15-5-3-4-6-16(15)24)29(22(32)20(17)31)14-9-7-13(8-10-14)23(25,26)27/h3-10,18,31H,1-2H3. The molecule has 10 heteroatoms. The molecule has 33 heavy (non-hydrogen) atoms. The second kappa shape index (κ2) is 8.11. The number of Topliss-reactive ketones (excluding diaryl/α,β-unsaturated/α-hetero) is 1. The molecule has 2 heterocycles. The maximum atomic E-state index is 14.8. The summed E-state index contributed by atoms with van der Waals surface area (Å²) in [6, 6.07) is 7.63. The highest BCUT2D eigenvalue weighted by atomic mass is 32.1. The third-order valence-corrected chi connectivity index (χ3v) is 6.31. The van der Waals surface area contributed by atoms with Gasteiger partial charge in [-0.05, 0) is 44.2 Å². The van der Waals surface area contributed by atoms with Crippen molar-refractivity contribution in [2.24, 2.45) is 0 Å². The fourth-order valence-electron chi connectivity index (χ4n) is 3.77. The lowest BCUT2D eigenvalue weighted by Gasteiger charge is -2.27. The van der Waals surface area contributed by atoms with E-state index in [0.717, 1.165) is 46.6 Å². The molecule has 0 fully saturated rings. The third-order valence-electron chi connectivity index (χ3n) is 5.24. The first kappa shape index (κ1) is 22.7. The van der Waals surface area contributed by atoms with E-state index >= 15 is 0 Å². The number of hydrogen-bond donors (Lipinski definition) is 1. The number of aromatic nitrogens is 1. The number of anilines is 1. The summed E-state index contributed by atoms with van der Waals surface area (Å²) in [5.41, 5.74) is -1.04. The SMILES string of the molecule is Cc1nc(C)c(C(=O)C2=C(O)C(=O)N(c3ccc(C(F)(F)F)cc3)C2c2ccccc2F)s1. The highest BCUT2D eigenvalue weighted by molar-refractivity contribution is 7.14. The average Bonchev–Trinajstić information content (AvgIpc) is 3.23. The zero-order valence-corrected chi connectivity index (χ0v) is 18.1. The number of hydrogen-bond acceptors (Lipinski definition) is 5. The van der Waals surface area contributed by atoms with Crippen molar-refractivity contribution in [3.8, 4) is 0 Å². The number of amides is 1. The van der Waals surface area contributed by atoms with Crippen molar-refractivity contribution in [3.63, 3.8) is 0 Å². The van der Waals surface area contributed by atoms with Gasteiger partial charge in [0.1, 0.15) is 5.82 Å². The predicted molar refractivity (Wildman–Crippen MR) is 114 cm³/mol. The molecule has 1 aromatic heterocycles. The van der Waals surface area contributed by atoms with Gasteiger partial charge in [-0.15, -0.1) is 11.3 Å². The molecule has 3 aromatic rings. The third kappa shape index (κ3) is 3.91. The van der Waals surface area contributed by atoms with Gasteiger partial charge in [-0.3, -0.25) is 14.5 Å². The van der Waals surface area contributed by atoms with E-state index in [1.807, 2.05) is 0 Å². The molecule has 1 amide bonds. The van der Waals surface area contributed by atoms with E-state index in [0.29, 0.717) is 10.7 Å². The lowest BCUT2D eigenvalue weighted by molar-refractivity contribution is -0.137. The van der Waals surface area contributed by atoms with Gasteiger partial charge in [0.2, 0.25) is 5.78 Å². The lowest BCUT2D eigenvalue weighted by atomic mass is 9.94. The minimum atomic E-state index is -4.60. The van der Waals surface area contributed by atoms with E-state index in [4.69, 9.17) is 0 Å². The Morgan fingerprint density at radius 2 is 1.73 bits per heavy atom. The summed E-state index contributed by atoms with van der Waals surface area (Å²) >= 11 is 1.06. The highest BCUT2D eigenvalue weighted by Gasteiger charge is 2.46. The van der Waals surface area contributed by atoms with Crippen LogP contribution >= 0.6 is 11.3 Å². The molecule has 1 N–H and O–H groups in total. The largest absolute Gasteiger partial charge is 0.503 e. The molecule has 0 saturated carbocycles. The van der Waals surface area contributed by atoms with E-state index in [2.05, 4.69) is 4.98 Å². The number of carbonyl (C=O) groups is 2. The Morgan fingerprint density at radius 3 is 2.27 bits per heavy atom. The van der Waals surface area contributed by atoms with E-state index in [1.54, 1.807) is 13.8 Å². The Bertz CT molecular complexity index is 1300. The molecule has 1 aliphatic rings. The van der Waals surface area contributed by atoms with Crippen molar-refractivity contribution in [3.05, 3.63) is 92.4 Å². The van der Waals surface area contributed by atoms with Crippen LogP contribution in [-0.4, -0.2) is 21.8 Å². The van der Waals surface area contributed by atoms with Crippen LogP contribution in [-0.2, 0) is 11.0 Å². The van der Waals surface area contributed by atoms with Gasteiger partial charge in [0.05, 0.1) is 32.8 Å². The van der Waals surface area contributed by atoms with E-state index < -0.39 is 41.0 Å². The van der Waals surface area contributed by atoms with Crippen LogP contribution in [0.1, 0.15) is 37.5 Å². The Morgan fingerprint density at radius 1 is 1.09 bits per heavy atom. The van der Waals surface area contributed by atoms with Gasteiger partial charge in [-0.25, -0.2) is 9.37 Å². The summed E-state index contributed by atoms with van der Waals surface area (Å²) in [5.74, 6) is -3.36. The van der Waals surface area contributed by atoms with Crippen molar-refractivity contribution < 1.29 is 32.3 Å². The normalized spacial score (nSPS) is 16.6. The van der Waals surface area contributed by atoms with Crippen LogP contribution in [0.2, 0.25) is 0 Å². The topological polar surface area (TPSA) is 70.5 Å². The second-order valence-electron chi connectivity index (χ2n) is 7.38. The number of halogens is 4. The maximum Gasteiger partial charge on any atom is 0.416 e.